The average Bonchev–Trinajstić information content (AvgIpc) is 2.90. The highest BCUT2D eigenvalue weighted by molar-refractivity contribution is 6.23. The molecule has 0 saturated carbocycles. The summed E-state index contributed by atoms with van der Waals surface area (Å²) in [6.07, 6.45) is 0.624. The molecule has 1 N–H and O–H groups in total. The van der Waals surface area contributed by atoms with Gasteiger partial charge in [-0.15, -0.1) is 0 Å². The highest BCUT2D eigenvalue weighted by Gasteiger charge is 2.25. The Balaban J connectivity index is 1.97. The van der Waals surface area contributed by atoms with Crippen LogP contribution in [-0.2, 0) is 4.79 Å². The minimum absolute atomic E-state index is 0.0141. The molecule has 0 unspecified atom stereocenters. The second kappa shape index (κ2) is 6.17. The molecule has 0 aliphatic heterocycles. The molecule has 0 saturated heterocycles. The van der Waals surface area contributed by atoms with E-state index >= 15 is 0 Å². The number of halogens is 1. The summed E-state index contributed by atoms with van der Waals surface area (Å²) in [6.45, 7) is 1.83. The Bertz CT molecular complexity index is 909. The lowest BCUT2D eigenvalue weighted by Crippen LogP contribution is -1.99. The third kappa shape index (κ3) is 2.86. The largest absolute Gasteiger partial charge is 0.512 e. The summed E-state index contributed by atoms with van der Waals surface area (Å²) in [6, 6.07) is 10.8. The van der Waals surface area contributed by atoms with Crippen molar-refractivity contribution in [2.45, 2.75) is 19.8 Å². The van der Waals surface area contributed by atoms with Crippen molar-refractivity contribution in [3.05, 3.63) is 64.7 Å². The lowest BCUT2D eigenvalue weighted by atomic mass is 9.98. The molecular weight excluding hydrogens is 309 g/mol. The number of nitriles is 1. The standard InChI is InChI=1S/C19H14FNO3/c1-11-2-4-13(9-14(11)19-16(22)5-6-17(19)23)24-18-7-3-12(10-21)8-15(18)20/h2-4,7-9,22H,5-6H2,1H3. The number of nitrogens with zero attached hydrogens (tertiary/aromatic N) is 1. The maximum absolute atomic E-state index is 13.9. The number of rotatable bonds is 3. The van der Waals surface area contributed by atoms with Gasteiger partial charge < -0.3 is 9.84 Å². The molecule has 1 aliphatic carbocycles. The van der Waals surface area contributed by atoms with Gasteiger partial charge in [0.1, 0.15) is 11.5 Å². The Labute approximate surface area is 138 Å². The van der Waals surface area contributed by atoms with Crippen LogP contribution in [-0.4, -0.2) is 10.9 Å². The van der Waals surface area contributed by atoms with E-state index < -0.39 is 5.82 Å². The molecule has 120 valence electrons. The number of hydrogen-bond acceptors (Lipinski definition) is 4. The predicted octanol–water partition coefficient (Wildman–Crippen LogP) is 4.43. The molecule has 2 aromatic rings. The first-order valence-electron chi connectivity index (χ1n) is 7.43. The van der Waals surface area contributed by atoms with Gasteiger partial charge in [0.05, 0.1) is 17.2 Å². The van der Waals surface area contributed by atoms with Crippen LogP contribution in [0.3, 0.4) is 0 Å². The minimum Gasteiger partial charge on any atom is -0.512 e. The lowest BCUT2D eigenvalue weighted by molar-refractivity contribution is -0.113. The summed E-state index contributed by atoms with van der Waals surface area (Å²) in [5.41, 5.74) is 1.91. The highest BCUT2D eigenvalue weighted by Crippen LogP contribution is 2.34. The first-order valence-corrected chi connectivity index (χ1v) is 7.43. The molecule has 0 heterocycles. The van der Waals surface area contributed by atoms with Gasteiger partial charge in [0.2, 0.25) is 0 Å². The number of ether oxygens (including phenoxy) is 1. The van der Waals surface area contributed by atoms with Gasteiger partial charge in [-0.3, -0.25) is 4.79 Å². The zero-order valence-corrected chi connectivity index (χ0v) is 13.0. The van der Waals surface area contributed by atoms with Crippen LogP contribution in [0.2, 0.25) is 0 Å². The maximum Gasteiger partial charge on any atom is 0.167 e. The van der Waals surface area contributed by atoms with Crippen molar-refractivity contribution >= 4 is 11.4 Å². The molecule has 2 aromatic carbocycles. The van der Waals surface area contributed by atoms with Crippen LogP contribution in [0, 0.1) is 24.1 Å². The number of aliphatic hydroxyl groups is 1. The van der Waals surface area contributed by atoms with E-state index in [2.05, 4.69) is 0 Å². The van der Waals surface area contributed by atoms with Gasteiger partial charge in [-0.05, 0) is 48.4 Å². The molecule has 0 spiro atoms. The van der Waals surface area contributed by atoms with Crippen LogP contribution >= 0.6 is 0 Å². The van der Waals surface area contributed by atoms with Crippen LogP contribution in [0.1, 0.15) is 29.5 Å². The average molecular weight is 323 g/mol. The van der Waals surface area contributed by atoms with Crippen LogP contribution in [0.15, 0.2) is 42.2 Å². The fourth-order valence-electron chi connectivity index (χ4n) is 2.66. The summed E-state index contributed by atoms with van der Waals surface area (Å²) in [5.74, 6) is -0.351. The zero-order valence-electron chi connectivity index (χ0n) is 13.0. The molecule has 0 radical (unpaired) electrons. The van der Waals surface area contributed by atoms with Crippen LogP contribution in [0.5, 0.6) is 11.5 Å². The molecule has 0 atom stereocenters. The SMILES string of the molecule is Cc1ccc(Oc2ccc(C#N)cc2F)cc1C1=C(O)CCC1=O. The molecule has 3 rings (SSSR count). The van der Waals surface area contributed by atoms with Gasteiger partial charge in [0.25, 0.3) is 0 Å². The third-order valence-corrected chi connectivity index (χ3v) is 3.92. The van der Waals surface area contributed by atoms with Gasteiger partial charge in [0, 0.05) is 12.8 Å². The van der Waals surface area contributed by atoms with E-state index in [-0.39, 0.29) is 29.3 Å². The van der Waals surface area contributed by atoms with E-state index in [0.29, 0.717) is 23.3 Å². The van der Waals surface area contributed by atoms with Gasteiger partial charge in [-0.25, -0.2) is 4.39 Å². The molecular formula is C19H14FNO3. The van der Waals surface area contributed by atoms with Crippen LogP contribution < -0.4 is 4.74 Å². The second-order valence-electron chi connectivity index (χ2n) is 5.58. The molecule has 5 heteroatoms. The quantitative estimate of drug-likeness (QED) is 0.907. The number of Topliss-reactive ketones (excluding diaryl/α,β-unsaturated/α-hetero) is 1. The van der Waals surface area contributed by atoms with E-state index in [1.807, 2.05) is 13.0 Å². The molecule has 4 nitrogen and oxygen atoms in total. The Hall–Kier alpha value is -3.13. The Morgan fingerprint density at radius 3 is 2.62 bits per heavy atom. The fraction of sp³-hybridized carbons (Fsp3) is 0.158. The number of aryl methyl sites for hydroxylation is 1. The third-order valence-electron chi connectivity index (χ3n) is 3.92. The summed E-state index contributed by atoms with van der Waals surface area (Å²) in [5, 5.41) is 18.7. The first-order chi connectivity index (χ1) is 11.5. The van der Waals surface area contributed by atoms with Gasteiger partial charge in [-0.2, -0.15) is 5.26 Å². The van der Waals surface area contributed by atoms with Crippen LogP contribution in [0.4, 0.5) is 4.39 Å². The van der Waals surface area contributed by atoms with Crippen molar-refractivity contribution in [3.8, 4) is 17.6 Å². The Morgan fingerprint density at radius 1 is 1.21 bits per heavy atom. The molecule has 1 aliphatic rings. The van der Waals surface area contributed by atoms with E-state index in [9.17, 15) is 14.3 Å². The van der Waals surface area contributed by atoms with Crippen molar-refractivity contribution in [2.75, 3.05) is 0 Å². The van der Waals surface area contributed by atoms with E-state index in [4.69, 9.17) is 10.00 Å². The number of carbonyl (C=O) groups is 1. The second-order valence-corrected chi connectivity index (χ2v) is 5.58. The molecule has 24 heavy (non-hydrogen) atoms. The van der Waals surface area contributed by atoms with E-state index in [1.165, 1.54) is 12.1 Å². The molecule has 0 amide bonds. The number of ketones is 1. The summed E-state index contributed by atoms with van der Waals surface area (Å²) < 4.78 is 19.5. The minimum atomic E-state index is -0.643. The van der Waals surface area contributed by atoms with E-state index in [1.54, 1.807) is 18.2 Å². The Morgan fingerprint density at radius 2 is 2.00 bits per heavy atom. The number of aliphatic hydroxyl groups excluding tert-OH is 1. The predicted molar refractivity (Wildman–Crippen MR) is 86.2 cm³/mol. The van der Waals surface area contributed by atoms with Crippen molar-refractivity contribution < 1.29 is 19.0 Å². The zero-order chi connectivity index (χ0) is 17.3. The number of hydrogen-bond donors (Lipinski definition) is 1. The fourth-order valence-corrected chi connectivity index (χ4v) is 2.66. The van der Waals surface area contributed by atoms with Gasteiger partial charge in [-0.1, -0.05) is 6.07 Å². The maximum atomic E-state index is 13.9. The van der Waals surface area contributed by atoms with Crippen molar-refractivity contribution in [3.63, 3.8) is 0 Å². The van der Waals surface area contributed by atoms with Gasteiger partial charge in [0.15, 0.2) is 17.3 Å². The molecule has 0 aromatic heterocycles. The summed E-state index contributed by atoms with van der Waals surface area (Å²) in [4.78, 5) is 12.0. The number of allylic oxidation sites excluding steroid dienone is 2. The lowest BCUT2D eigenvalue weighted by Gasteiger charge is -2.11. The van der Waals surface area contributed by atoms with Crippen molar-refractivity contribution in [2.24, 2.45) is 0 Å². The summed E-state index contributed by atoms with van der Waals surface area (Å²) >= 11 is 0. The highest BCUT2D eigenvalue weighted by atomic mass is 19.1. The molecule has 0 fully saturated rings. The Kier molecular flexibility index (Phi) is 4.05. The normalized spacial score (nSPS) is 14.0. The van der Waals surface area contributed by atoms with E-state index in [0.717, 1.165) is 11.6 Å². The topological polar surface area (TPSA) is 70.3 Å². The summed E-state index contributed by atoms with van der Waals surface area (Å²) in [7, 11) is 0. The number of carbonyl (C=O) groups excluding carboxylic acids is 1. The molecule has 0 bridgehead atoms. The first kappa shape index (κ1) is 15.8. The monoisotopic (exact) mass is 323 g/mol. The number of benzene rings is 2. The van der Waals surface area contributed by atoms with Crippen molar-refractivity contribution in [1.82, 2.24) is 0 Å². The van der Waals surface area contributed by atoms with Crippen molar-refractivity contribution in [1.29, 1.82) is 5.26 Å². The smallest absolute Gasteiger partial charge is 0.167 e. The van der Waals surface area contributed by atoms with Crippen LogP contribution in [0.25, 0.3) is 5.57 Å². The van der Waals surface area contributed by atoms with Gasteiger partial charge >= 0.3 is 0 Å².